The van der Waals surface area contributed by atoms with Crippen molar-refractivity contribution in [2.75, 3.05) is 24.5 Å². The van der Waals surface area contributed by atoms with Crippen molar-refractivity contribution in [3.8, 4) is 11.4 Å². The standard InChI is InChI=1S/C22H26N4O2/c1-3-26(19-12-8-7-9-17(19)2)16-15-23-20(27)13-14-21-24-22(25-28-21)18-10-5-4-6-11-18/h4-12H,3,13-16H2,1-2H3,(H,23,27). The van der Waals surface area contributed by atoms with Gasteiger partial charge < -0.3 is 14.7 Å². The topological polar surface area (TPSA) is 71.3 Å². The van der Waals surface area contributed by atoms with E-state index in [9.17, 15) is 4.79 Å². The zero-order valence-electron chi connectivity index (χ0n) is 16.4. The highest BCUT2D eigenvalue weighted by Gasteiger charge is 2.11. The first kappa shape index (κ1) is 19.6. The highest BCUT2D eigenvalue weighted by atomic mass is 16.5. The molecule has 6 nitrogen and oxygen atoms in total. The molecule has 0 radical (unpaired) electrons. The fourth-order valence-corrected chi connectivity index (χ4v) is 3.07. The lowest BCUT2D eigenvalue weighted by Gasteiger charge is -2.25. The summed E-state index contributed by atoms with van der Waals surface area (Å²) in [6.45, 7) is 6.48. The normalized spacial score (nSPS) is 10.6. The summed E-state index contributed by atoms with van der Waals surface area (Å²) in [5.74, 6) is 1.01. The second-order valence-electron chi connectivity index (χ2n) is 6.59. The van der Waals surface area contributed by atoms with Crippen LogP contribution in [-0.4, -0.2) is 35.7 Å². The summed E-state index contributed by atoms with van der Waals surface area (Å²) in [5.41, 5.74) is 3.35. The van der Waals surface area contributed by atoms with Gasteiger partial charge in [0.15, 0.2) is 0 Å². The maximum absolute atomic E-state index is 12.1. The maximum Gasteiger partial charge on any atom is 0.227 e. The van der Waals surface area contributed by atoms with Crippen molar-refractivity contribution in [1.29, 1.82) is 0 Å². The number of aryl methyl sites for hydroxylation is 2. The SMILES string of the molecule is CCN(CCNC(=O)CCc1nc(-c2ccccc2)no1)c1ccccc1C. The van der Waals surface area contributed by atoms with Crippen molar-refractivity contribution >= 4 is 11.6 Å². The average Bonchev–Trinajstić information content (AvgIpc) is 3.20. The predicted molar refractivity (Wildman–Crippen MR) is 110 cm³/mol. The van der Waals surface area contributed by atoms with Crippen LogP contribution < -0.4 is 10.2 Å². The van der Waals surface area contributed by atoms with Crippen LogP contribution >= 0.6 is 0 Å². The summed E-state index contributed by atoms with van der Waals surface area (Å²) in [6, 6.07) is 17.9. The van der Waals surface area contributed by atoms with Crippen LogP contribution in [0.2, 0.25) is 0 Å². The molecule has 0 saturated heterocycles. The molecule has 6 heteroatoms. The third-order valence-corrected chi connectivity index (χ3v) is 4.61. The number of rotatable bonds is 9. The van der Waals surface area contributed by atoms with E-state index in [2.05, 4.69) is 46.3 Å². The molecule has 1 aromatic heterocycles. The minimum absolute atomic E-state index is 0.0136. The van der Waals surface area contributed by atoms with Crippen molar-refractivity contribution in [2.24, 2.45) is 0 Å². The smallest absolute Gasteiger partial charge is 0.227 e. The number of nitrogens with zero attached hydrogens (tertiary/aromatic N) is 3. The highest BCUT2D eigenvalue weighted by molar-refractivity contribution is 5.76. The lowest BCUT2D eigenvalue weighted by Crippen LogP contribution is -2.35. The van der Waals surface area contributed by atoms with Gasteiger partial charge in [0.05, 0.1) is 0 Å². The number of likely N-dealkylation sites (N-methyl/N-ethyl adjacent to an activating group) is 1. The minimum atomic E-state index is -0.0136. The van der Waals surface area contributed by atoms with Gasteiger partial charge in [0.1, 0.15) is 0 Å². The van der Waals surface area contributed by atoms with Crippen molar-refractivity contribution in [3.05, 3.63) is 66.1 Å². The number of benzene rings is 2. The molecule has 0 saturated carbocycles. The molecule has 3 rings (SSSR count). The maximum atomic E-state index is 12.1. The molecule has 0 aliphatic rings. The zero-order chi connectivity index (χ0) is 19.8. The van der Waals surface area contributed by atoms with Crippen LogP contribution in [-0.2, 0) is 11.2 Å². The molecule has 1 amide bonds. The Hall–Kier alpha value is -3.15. The Labute approximate surface area is 165 Å². The fourth-order valence-electron chi connectivity index (χ4n) is 3.07. The lowest BCUT2D eigenvalue weighted by atomic mass is 10.2. The fraction of sp³-hybridized carbons (Fsp3) is 0.318. The first-order valence-corrected chi connectivity index (χ1v) is 9.62. The van der Waals surface area contributed by atoms with Crippen LogP contribution in [0.25, 0.3) is 11.4 Å². The summed E-state index contributed by atoms with van der Waals surface area (Å²) in [5, 5.41) is 6.95. The van der Waals surface area contributed by atoms with Crippen molar-refractivity contribution in [3.63, 3.8) is 0 Å². The molecule has 0 aliphatic heterocycles. The van der Waals surface area contributed by atoms with Gasteiger partial charge in [-0.25, -0.2) is 0 Å². The van der Waals surface area contributed by atoms with Crippen LogP contribution in [0.4, 0.5) is 5.69 Å². The molecule has 0 aliphatic carbocycles. The number of carbonyl (C=O) groups is 1. The van der Waals surface area contributed by atoms with Crippen LogP contribution in [0.5, 0.6) is 0 Å². The Morgan fingerprint density at radius 1 is 1.11 bits per heavy atom. The van der Waals surface area contributed by atoms with Crippen LogP contribution in [0.1, 0.15) is 24.8 Å². The molecule has 3 aromatic rings. The molecule has 1 heterocycles. The number of hydrogen-bond donors (Lipinski definition) is 1. The molecule has 28 heavy (non-hydrogen) atoms. The average molecular weight is 378 g/mol. The van der Waals surface area contributed by atoms with Gasteiger partial charge in [0.2, 0.25) is 17.6 Å². The monoisotopic (exact) mass is 378 g/mol. The number of nitrogens with one attached hydrogen (secondary N) is 1. The van der Waals surface area contributed by atoms with E-state index >= 15 is 0 Å². The van der Waals surface area contributed by atoms with Gasteiger partial charge in [-0.05, 0) is 25.5 Å². The first-order chi connectivity index (χ1) is 13.7. The zero-order valence-corrected chi connectivity index (χ0v) is 16.4. The number of para-hydroxylation sites is 1. The summed E-state index contributed by atoms with van der Waals surface area (Å²) >= 11 is 0. The molecule has 0 unspecified atom stereocenters. The Kier molecular flexibility index (Phi) is 6.78. The molecular weight excluding hydrogens is 352 g/mol. The van der Waals surface area contributed by atoms with Crippen molar-refractivity contribution < 1.29 is 9.32 Å². The number of aromatic nitrogens is 2. The quantitative estimate of drug-likeness (QED) is 0.616. The molecule has 1 N–H and O–H groups in total. The van der Waals surface area contributed by atoms with Gasteiger partial charge in [-0.3, -0.25) is 4.79 Å². The molecule has 146 valence electrons. The van der Waals surface area contributed by atoms with Gasteiger partial charge in [-0.1, -0.05) is 53.7 Å². The molecule has 0 spiro atoms. The molecule has 0 bridgehead atoms. The summed E-state index contributed by atoms with van der Waals surface area (Å²) in [4.78, 5) is 18.8. The first-order valence-electron chi connectivity index (χ1n) is 9.62. The van der Waals surface area contributed by atoms with E-state index in [1.165, 1.54) is 11.3 Å². The van der Waals surface area contributed by atoms with E-state index in [1.54, 1.807) is 0 Å². The van der Waals surface area contributed by atoms with Crippen LogP contribution in [0, 0.1) is 6.92 Å². The van der Waals surface area contributed by atoms with E-state index in [-0.39, 0.29) is 5.91 Å². The van der Waals surface area contributed by atoms with E-state index in [0.29, 0.717) is 31.1 Å². The minimum Gasteiger partial charge on any atom is -0.370 e. The van der Waals surface area contributed by atoms with E-state index in [0.717, 1.165) is 18.7 Å². The third kappa shape index (κ3) is 5.19. The van der Waals surface area contributed by atoms with Gasteiger partial charge in [-0.15, -0.1) is 0 Å². The molecule has 0 fully saturated rings. The summed E-state index contributed by atoms with van der Waals surface area (Å²) in [7, 11) is 0. The van der Waals surface area contributed by atoms with Crippen LogP contribution in [0.3, 0.4) is 0 Å². The van der Waals surface area contributed by atoms with Crippen molar-refractivity contribution in [1.82, 2.24) is 15.5 Å². The van der Waals surface area contributed by atoms with Gasteiger partial charge in [0, 0.05) is 43.7 Å². The number of hydrogen-bond acceptors (Lipinski definition) is 5. The van der Waals surface area contributed by atoms with Gasteiger partial charge in [0.25, 0.3) is 0 Å². The van der Waals surface area contributed by atoms with Crippen molar-refractivity contribution in [2.45, 2.75) is 26.7 Å². The second-order valence-corrected chi connectivity index (χ2v) is 6.59. The Bertz CT molecular complexity index is 892. The van der Waals surface area contributed by atoms with E-state index in [4.69, 9.17) is 4.52 Å². The number of anilines is 1. The van der Waals surface area contributed by atoms with Gasteiger partial charge >= 0.3 is 0 Å². The second kappa shape index (κ2) is 9.69. The lowest BCUT2D eigenvalue weighted by molar-refractivity contribution is -0.121. The molecule has 2 aromatic carbocycles. The molecular formula is C22H26N4O2. The third-order valence-electron chi connectivity index (χ3n) is 4.61. The Balaban J connectivity index is 1.44. The Morgan fingerprint density at radius 2 is 1.86 bits per heavy atom. The number of amides is 1. The highest BCUT2D eigenvalue weighted by Crippen LogP contribution is 2.18. The molecule has 0 atom stereocenters. The van der Waals surface area contributed by atoms with E-state index < -0.39 is 0 Å². The predicted octanol–water partition coefficient (Wildman–Crippen LogP) is 3.62. The number of carbonyl (C=O) groups excluding carboxylic acids is 1. The van der Waals surface area contributed by atoms with Crippen LogP contribution in [0.15, 0.2) is 59.1 Å². The largest absolute Gasteiger partial charge is 0.370 e. The van der Waals surface area contributed by atoms with E-state index in [1.807, 2.05) is 42.5 Å². The Morgan fingerprint density at radius 3 is 2.61 bits per heavy atom. The van der Waals surface area contributed by atoms with Gasteiger partial charge in [-0.2, -0.15) is 4.98 Å². The summed E-state index contributed by atoms with van der Waals surface area (Å²) in [6.07, 6.45) is 0.758. The summed E-state index contributed by atoms with van der Waals surface area (Å²) < 4.78 is 5.25.